The van der Waals surface area contributed by atoms with Crippen molar-refractivity contribution in [3.8, 4) is 0 Å². The first-order valence-corrected chi connectivity index (χ1v) is 7.53. The lowest BCUT2D eigenvalue weighted by Crippen LogP contribution is -2.37. The maximum absolute atomic E-state index is 12.6. The zero-order chi connectivity index (χ0) is 16.1. The van der Waals surface area contributed by atoms with Gasteiger partial charge in [0.1, 0.15) is 6.04 Å². The summed E-state index contributed by atoms with van der Waals surface area (Å²) in [6.45, 7) is 2.73. The van der Waals surface area contributed by atoms with Gasteiger partial charge in [0.25, 0.3) is 0 Å². The van der Waals surface area contributed by atoms with Crippen LogP contribution in [-0.4, -0.2) is 34.7 Å². The Balaban J connectivity index is 2.06. The number of carbonyl (C=O) groups is 1. The van der Waals surface area contributed by atoms with Crippen molar-refractivity contribution < 1.29 is 4.79 Å². The zero-order valence-electron chi connectivity index (χ0n) is 13.7. The molecule has 1 heterocycles. The molecule has 2 aromatic rings. The molecule has 1 unspecified atom stereocenters. The number of aromatic nitrogens is 2. The third-order valence-corrected chi connectivity index (χ3v) is 3.82. The minimum Gasteiger partial charge on any atom is -0.340 e. The maximum atomic E-state index is 12.6. The number of amides is 1. The van der Waals surface area contributed by atoms with Crippen LogP contribution in [0.25, 0.3) is 0 Å². The average Bonchev–Trinajstić information content (AvgIpc) is 2.95. The Kier molecular flexibility index (Phi) is 5.33. The van der Waals surface area contributed by atoms with E-state index in [1.165, 1.54) is 5.56 Å². The topological polar surface area (TPSA) is 50.2 Å². The Labute approximate surface area is 131 Å². The average molecular weight is 300 g/mol. The van der Waals surface area contributed by atoms with Gasteiger partial charge < -0.3 is 10.2 Å². The zero-order valence-corrected chi connectivity index (χ0v) is 13.7. The Bertz CT molecular complexity index is 618. The van der Waals surface area contributed by atoms with E-state index in [-0.39, 0.29) is 11.9 Å². The van der Waals surface area contributed by atoms with Gasteiger partial charge in [-0.05, 0) is 24.6 Å². The molecule has 0 spiro atoms. The molecule has 1 amide bonds. The molecule has 0 aliphatic heterocycles. The van der Waals surface area contributed by atoms with Crippen LogP contribution in [0.15, 0.2) is 36.7 Å². The van der Waals surface area contributed by atoms with Crippen molar-refractivity contribution in [1.29, 1.82) is 0 Å². The SMILES string of the molecule is CCc1ccc(CN(C)C(=O)C(NC)c2cnn(C)c2)cc1. The van der Waals surface area contributed by atoms with Crippen molar-refractivity contribution in [2.45, 2.75) is 25.9 Å². The Morgan fingerprint density at radius 3 is 2.45 bits per heavy atom. The molecule has 1 aromatic carbocycles. The van der Waals surface area contributed by atoms with Gasteiger partial charge in [0.2, 0.25) is 5.91 Å². The Morgan fingerprint density at radius 2 is 1.95 bits per heavy atom. The van der Waals surface area contributed by atoms with Gasteiger partial charge in [0.05, 0.1) is 6.20 Å². The molecule has 0 fully saturated rings. The molecular weight excluding hydrogens is 276 g/mol. The molecular formula is C17H24N4O. The van der Waals surface area contributed by atoms with Crippen molar-refractivity contribution in [3.05, 3.63) is 53.3 Å². The van der Waals surface area contributed by atoms with E-state index in [0.717, 1.165) is 17.5 Å². The number of benzene rings is 1. The first-order valence-electron chi connectivity index (χ1n) is 7.53. The van der Waals surface area contributed by atoms with E-state index >= 15 is 0 Å². The van der Waals surface area contributed by atoms with E-state index in [0.29, 0.717) is 6.54 Å². The van der Waals surface area contributed by atoms with Gasteiger partial charge in [0.15, 0.2) is 0 Å². The summed E-state index contributed by atoms with van der Waals surface area (Å²) < 4.78 is 1.70. The molecule has 22 heavy (non-hydrogen) atoms. The van der Waals surface area contributed by atoms with Crippen LogP contribution < -0.4 is 5.32 Å². The molecule has 0 aliphatic rings. The minimum absolute atomic E-state index is 0.0371. The number of carbonyl (C=O) groups excluding carboxylic acids is 1. The molecule has 1 atom stereocenters. The van der Waals surface area contributed by atoms with E-state index in [4.69, 9.17) is 0 Å². The van der Waals surface area contributed by atoms with Crippen LogP contribution in [-0.2, 0) is 24.8 Å². The molecule has 5 heteroatoms. The highest BCUT2D eigenvalue weighted by Crippen LogP contribution is 2.16. The molecule has 0 saturated heterocycles. The van der Waals surface area contributed by atoms with E-state index in [1.807, 2.05) is 20.3 Å². The summed E-state index contributed by atoms with van der Waals surface area (Å²) in [4.78, 5) is 14.4. The predicted octanol–water partition coefficient (Wildman–Crippen LogP) is 1.90. The molecule has 0 bridgehead atoms. The first-order chi connectivity index (χ1) is 10.5. The second kappa shape index (κ2) is 7.22. The predicted molar refractivity (Wildman–Crippen MR) is 87.3 cm³/mol. The first kappa shape index (κ1) is 16.2. The third kappa shape index (κ3) is 3.74. The van der Waals surface area contributed by atoms with Crippen LogP contribution in [0.1, 0.15) is 29.7 Å². The summed E-state index contributed by atoms with van der Waals surface area (Å²) in [6, 6.07) is 8.03. The number of aryl methyl sites for hydroxylation is 2. The Hall–Kier alpha value is -2.14. The van der Waals surface area contributed by atoms with Crippen LogP contribution in [0.5, 0.6) is 0 Å². The summed E-state index contributed by atoms with van der Waals surface area (Å²) in [6.07, 6.45) is 4.61. The molecule has 0 saturated carbocycles. The summed E-state index contributed by atoms with van der Waals surface area (Å²) in [7, 11) is 5.47. The van der Waals surface area contributed by atoms with E-state index < -0.39 is 0 Å². The van der Waals surface area contributed by atoms with Crippen molar-refractivity contribution in [2.75, 3.05) is 14.1 Å². The number of rotatable bonds is 6. The van der Waals surface area contributed by atoms with Crippen molar-refractivity contribution in [1.82, 2.24) is 20.0 Å². The van der Waals surface area contributed by atoms with Gasteiger partial charge in [-0.1, -0.05) is 31.2 Å². The van der Waals surface area contributed by atoms with Crippen LogP contribution in [0, 0.1) is 0 Å². The number of hydrogen-bond donors (Lipinski definition) is 1. The highest BCUT2D eigenvalue weighted by atomic mass is 16.2. The van der Waals surface area contributed by atoms with Gasteiger partial charge in [0, 0.05) is 32.4 Å². The smallest absolute Gasteiger partial charge is 0.244 e. The van der Waals surface area contributed by atoms with Gasteiger partial charge in [-0.15, -0.1) is 0 Å². The lowest BCUT2D eigenvalue weighted by Gasteiger charge is -2.23. The van der Waals surface area contributed by atoms with Crippen LogP contribution in [0.4, 0.5) is 0 Å². The van der Waals surface area contributed by atoms with E-state index in [9.17, 15) is 4.79 Å². The highest BCUT2D eigenvalue weighted by Gasteiger charge is 2.23. The molecule has 5 nitrogen and oxygen atoms in total. The highest BCUT2D eigenvalue weighted by molar-refractivity contribution is 5.82. The van der Waals surface area contributed by atoms with Crippen molar-refractivity contribution in [2.24, 2.45) is 7.05 Å². The molecule has 1 aromatic heterocycles. The van der Waals surface area contributed by atoms with Gasteiger partial charge in [-0.3, -0.25) is 9.48 Å². The maximum Gasteiger partial charge on any atom is 0.244 e. The van der Waals surface area contributed by atoms with Gasteiger partial charge >= 0.3 is 0 Å². The van der Waals surface area contributed by atoms with Crippen LogP contribution in [0.2, 0.25) is 0 Å². The number of nitrogens with one attached hydrogen (secondary N) is 1. The standard InChI is InChI=1S/C17H24N4O/c1-5-13-6-8-14(9-7-13)11-20(3)17(22)16(18-2)15-10-19-21(4)12-15/h6-10,12,16,18H,5,11H2,1-4H3. The fourth-order valence-electron chi connectivity index (χ4n) is 2.47. The molecule has 0 radical (unpaired) electrons. The lowest BCUT2D eigenvalue weighted by atomic mass is 10.1. The van der Waals surface area contributed by atoms with Gasteiger partial charge in [-0.25, -0.2) is 0 Å². The largest absolute Gasteiger partial charge is 0.340 e. The van der Waals surface area contributed by atoms with E-state index in [1.54, 1.807) is 22.8 Å². The quantitative estimate of drug-likeness (QED) is 0.886. The monoisotopic (exact) mass is 300 g/mol. The molecule has 2 rings (SSSR count). The number of nitrogens with zero attached hydrogens (tertiary/aromatic N) is 3. The second-order valence-corrected chi connectivity index (χ2v) is 5.53. The molecule has 118 valence electrons. The summed E-state index contributed by atoms with van der Waals surface area (Å²) in [5, 5.41) is 7.21. The fourth-order valence-corrected chi connectivity index (χ4v) is 2.47. The summed E-state index contributed by atoms with van der Waals surface area (Å²) >= 11 is 0. The molecule has 1 N–H and O–H groups in total. The third-order valence-electron chi connectivity index (χ3n) is 3.82. The number of hydrogen-bond acceptors (Lipinski definition) is 3. The van der Waals surface area contributed by atoms with Crippen LogP contribution in [0.3, 0.4) is 0 Å². The summed E-state index contributed by atoms with van der Waals surface area (Å²) in [5.74, 6) is 0.0371. The minimum atomic E-state index is -0.367. The van der Waals surface area contributed by atoms with E-state index in [2.05, 4.69) is 41.6 Å². The second-order valence-electron chi connectivity index (χ2n) is 5.53. The lowest BCUT2D eigenvalue weighted by molar-refractivity contribution is -0.132. The summed E-state index contributed by atoms with van der Waals surface area (Å²) in [5.41, 5.74) is 3.32. The fraction of sp³-hybridized carbons (Fsp3) is 0.412. The van der Waals surface area contributed by atoms with Crippen LogP contribution >= 0.6 is 0 Å². The molecule has 0 aliphatic carbocycles. The normalized spacial score (nSPS) is 12.2. The van der Waals surface area contributed by atoms with Gasteiger partial charge in [-0.2, -0.15) is 5.10 Å². The van der Waals surface area contributed by atoms with Crippen molar-refractivity contribution >= 4 is 5.91 Å². The van der Waals surface area contributed by atoms with Crippen molar-refractivity contribution in [3.63, 3.8) is 0 Å². The number of likely N-dealkylation sites (N-methyl/N-ethyl adjacent to an activating group) is 2. The Morgan fingerprint density at radius 1 is 1.32 bits per heavy atom.